The predicted molar refractivity (Wildman–Crippen MR) is 88.6 cm³/mol. The Kier molecular flexibility index (Phi) is 3.53. The highest BCUT2D eigenvalue weighted by Crippen LogP contribution is 2.38. The first kappa shape index (κ1) is 14.3. The molecule has 0 bridgehead atoms. The van der Waals surface area contributed by atoms with Crippen molar-refractivity contribution in [2.75, 3.05) is 5.32 Å². The van der Waals surface area contributed by atoms with Crippen LogP contribution in [0.2, 0.25) is 5.02 Å². The van der Waals surface area contributed by atoms with Gasteiger partial charge in [0.2, 0.25) is 11.9 Å². The van der Waals surface area contributed by atoms with Gasteiger partial charge in [-0.15, -0.1) is 5.10 Å². The van der Waals surface area contributed by atoms with Crippen LogP contribution in [0.5, 0.6) is 0 Å². The Morgan fingerprint density at radius 3 is 3.09 bits per heavy atom. The van der Waals surface area contributed by atoms with E-state index in [4.69, 9.17) is 11.6 Å². The van der Waals surface area contributed by atoms with Crippen molar-refractivity contribution in [3.8, 4) is 0 Å². The van der Waals surface area contributed by atoms with Gasteiger partial charge in [0.15, 0.2) is 0 Å². The Morgan fingerprint density at radius 2 is 2.26 bits per heavy atom. The first-order chi connectivity index (χ1) is 11.2. The van der Waals surface area contributed by atoms with Crippen LogP contribution in [0.15, 0.2) is 30.5 Å². The van der Waals surface area contributed by atoms with Crippen molar-refractivity contribution in [2.24, 2.45) is 0 Å². The standard InChI is InChI=1S/C16H16ClN5O/c17-12-2-1-3-13-11(12)6-8-22(13)9-7-14(23)18-16-19-15(20-21-16)10-4-5-10/h1-3,6,8,10H,4-5,7,9H2,(H2,18,19,20,21,23). The van der Waals surface area contributed by atoms with E-state index in [-0.39, 0.29) is 5.91 Å². The molecule has 1 aliphatic carbocycles. The van der Waals surface area contributed by atoms with Gasteiger partial charge in [-0.1, -0.05) is 17.7 Å². The molecule has 0 saturated heterocycles. The number of anilines is 1. The molecule has 0 aliphatic heterocycles. The highest BCUT2D eigenvalue weighted by atomic mass is 35.5. The topological polar surface area (TPSA) is 75.6 Å². The summed E-state index contributed by atoms with van der Waals surface area (Å²) in [6.45, 7) is 0.579. The number of aromatic nitrogens is 4. The van der Waals surface area contributed by atoms with Gasteiger partial charge in [-0.05, 0) is 31.0 Å². The van der Waals surface area contributed by atoms with Crippen molar-refractivity contribution in [2.45, 2.75) is 31.7 Å². The molecular formula is C16H16ClN5O. The average molecular weight is 330 g/mol. The largest absolute Gasteiger partial charge is 0.347 e. The molecule has 2 aromatic heterocycles. The van der Waals surface area contributed by atoms with E-state index >= 15 is 0 Å². The number of hydrogen-bond acceptors (Lipinski definition) is 3. The van der Waals surface area contributed by atoms with E-state index < -0.39 is 0 Å². The summed E-state index contributed by atoms with van der Waals surface area (Å²) in [5.41, 5.74) is 1.03. The van der Waals surface area contributed by atoms with Crippen molar-refractivity contribution >= 4 is 34.4 Å². The maximum Gasteiger partial charge on any atom is 0.248 e. The molecule has 0 unspecified atom stereocenters. The molecule has 0 atom stereocenters. The summed E-state index contributed by atoms with van der Waals surface area (Å²) in [5.74, 6) is 1.61. The van der Waals surface area contributed by atoms with Gasteiger partial charge in [-0.2, -0.15) is 4.98 Å². The number of carbonyl (C=O) groups is 1. The molecule has 1 saturated carbocycles. The van der Waals surface area contributed by atoms with E-state index in [0.29, 0.717) is 24.8 Å². The van der Waals surface area contributed by atoms with E-state index in [2.05, 4.69) is 20.5 Å². The molecule has 2 heterocycles. The molecule has 4 rings (SSSR count). The molecular weight excluding hydrogens is 314 g/mol. The van der Waals surface area contributed by atoms with Gasteiger partial charge >= 0.3 is 0 Å². The second kappa shape index (κ2) is 5.70. The summed E-state index contributed by atoms with van der Waals surface area (Å²) in [6.07, 6.45) is 4.59. The summed E-state index contributed by atoms with van der Waals surface area (Å²) in [4.78, 5) is 16.4. The van der Waals surface area contributed by atoms with Gasteiger partial charge in [0.25, 0.3) is 0 Å². The van der Waals surface area contributed by atoms with Gasteiger partial charge in [0.1, 0.15) is 5.82 Å². The molecule has 23 heavy (non-hydrogen) atoms. The molecule has 1 aromatic carbocycles. The quantitative estimate of drug-likeness (QED) is 0.754. The van der Waals surface area contributed by atoms with Gasteiger partial charge < -0.3 is 4.57 Å². The molecule has 1 fully saturated rings. The Bertz CT molecular complexity index is 864. The summed E-state index contributed by atoms with van der Waals surface area (Å²) in [5, 5.41) is 11.4. The Morgan fingerprint density at radius 1 is 1.39 bits per heavy atom. The second-order valence-corrected chi connectivity index (χ2v) is 6.21. The van der Waals surface area contributed by atoms with E-state index in [9.17, 15) is 4.79 Å². The minimum absolute atomic E-state index is 0.102. The molecule has 0 spiro atoms. The number of benzene rings is 1. The molecule has 118 valence electrons. The van der Waals surface area contributed by atoms with E-state index in [1.165, 1.54) is 0 Å². The number of H-pyrrole nitrogens is 1. The highest BCUT2D eigenvalue weighted by molar-refractivity contribution is 6.35. The van der Waals surface area contributed by atoms with E-state index in [1.54, 1.807) is 0 Å². The number of fused-ring (bicyclic) bond motifs is 1. The van der Waals surface area contributed by atoms with E-state index in [0.717, 1.165) is 34.6 Å². The highest BCUT2D eigenvalue weighted by Gasteiger charge is 2.27. The number of amides is 1. The maximum absolute atomic E-state index is 12.1. The lowest BCUT2D eigenvalue weighted by Gasteiger charge is -2.05. The zero-order valence-corrected chi connectivity index (χ0v) is 13.2. The summed E-state index contributed by atoms with van der Waals surface area (Å²) >= 11 is 6.16. The molecule has 3 aromatic rings. The third-order valence-electron chi connectivity index (χ3n) is 4.06. The zero-order chi connectivity index (χ0) is 15.8. The van der Waals surface area contributed by atoms with Crippen LogP contribution in [0.1, 0.15) is 31.0 Å². The van der Waals surface area contributed by atoms with E-state index in [1.807, 2.05) is 35.0 Å². The number of nitrogens with zero attached hydrogens (tertiary/aromatic N) is 3. The van der Waals surface area contributed by atoms with Crippen molar-refractivity contribution in [1.29, 1.82) is 0 Å². The summed E-state index contributed by atoms with van der Waals surface area (Å²) in [7, 11) is 0. The zero-order valence-electron chi connectivity index (χ0n) is 12.4. The lowest BCUT2D eigenvalue weighted by Crippen LogP contribution is -2.15. The van der Waals surface area contributed by atoms with Crippen molar-refractivity contribution in [3.63, 3.8) is 0 Å². The normalized spacial score (nSPS) is 14.3. The van der Waals surface area contributed by atoms with Crippen LogP contribution < -0.4 is 5.32 Å². The molecule has 2 N–H and O–H groups in total. The first-order valence-electron chi connectivity index (χ1n) is 7.66. The van der Waals surface area contributed by atoms with Crippen LogP contribution >= 0.6 is 11.6 Å². The van der Waals surface area contributed by atoms with Crippen LogP contribution in [0, 0.1) is 0 Å². The van der Waals surface area contributed by atoms with Crippen LogP contribution in [-0.2, 0) is 11.3 Å². The van der Waals surface area contributed by atoms with Crippen molar-refractivity contribution in [3.05, 3.63) is 41.3 Å². The number of hydrogen-bond donors (Lipinski definition) is 2. The fraction of sp³-hybridized carbons (Fsp3) is 0.312. The third kappa shape index (κ3) is 2.94. The molecule has 1 amide bonds. The number of nitrogens with one attached hydrogen (secondary N) is 2. The Hall–Kier alpha value is -2.34. The monoisotopic (exact) mass is 329 g/mol. The number of halogens is 1. The first-order valence-corrected chi connectivity index (χ1v) is 8.04. The molecule has 1 aliphatic rings. The molecule has 7 heteroatoms. The number of carbonyl (C=O) groups excluding carboxylic acids is 1. The Labute approximate surface area is 137 Å². The molecule has 6 nitrogen and oxygen atoms in total. The van der Waals surface area contributed by atoms with Gasteiger partial charge in [-0.3, -0.25) is 15.2 Å². The second-order valence-electron chi connectivity index (χ2n) is 5.80. The molecule has 0 radical (unpaired) electrons. The maximum atomic E-state index is 12.1. The Balaban J connectivity index is 1.39. The minimum Gasteiger partial charge on any atom is -0.347 e. The fourth-order valence-corrected chi connectivity index (χ4v) is 2.89. The van der Waals surface area contributed by atoms with Crippen molar-refractivity contribution < 1.29 is 4.79 Å². The average Bonchev–Trinajstić information content (AvgIpc) is 3.14. The minimum atomic E-state index is -0.102. The fourth-order valence-electron chi connectivity index (χ4n) is 2.66. The lowest BCUT2D eigenvalue weighted by molar-refractivity contribution is -0.116. The summed E-state index contributed by atoms with van der Waals surface area (Å²) < 4.78 is 2.02. The third-order valence-corrected chi connectivity index (χ3v) is 4.39. The van der Waals surface area contributed by atoms with Crippen LogP contribution in [-0.4, -0.2) is 25.7 Å². The van der Waals surface area contributed by atoms with Gasteiger partial charge in [0.05, 0.1) is 0 Å². The van der Waals surface area contributed by atoms with Gasteiger partial charge in [0, 0.05) is 41.0 Å². The number of aromatic amines is 1. The smallest absolute Gasteiger partial charge is 0.248 e. The number of rotatable bonds is 5. The van der Waals surface area contributed by atoms with Crippen LogP contribution in [0.4, 0.5) is 5.95 Å². The predicted octanol–water partition coefficient (Wildman–Crippen LogP) is 3.32. The van der Waals surface area contributed by atoms with Crippen molar-refractivity contribution in [1.82, 2.24) is 19.7 Å². The lowest BCUT2D eigenvalue weighted by atomic mass is 10.2. The summed E-state index contributed by atoms with van der Waals surface area (Å²) in [6, 6.07) is 7.74. The number of aryl methyl sites for hydroxylation is 1. The van der Waals surface area contributed by atoms with Crippen LogP contribution in [0.25, 0.3) is 10.9 Å². The SMILES string of the molecule is O=C(CCn1ccc2c(Cl)cccc21)Nc1n[nH]c(C2CC2)n1. The van der Waals surface area contributed by atoms with Crippen LogP contribution in [0.3, 0.4) is 0 Å². The van der Waals surface area contributed by atoms with Gasteiger partial charge in [-0.25, -0.2) is 0 Å².